The Labute approximate surface area is 162 Å². The van der Waals surface area contributed by atoms with E-state index in [2.05, 4.69) is 70.9 Å². The van der Waals surface area contributed by atoms with E-state index in [9.17, 15) is 0 Å². The molecule has 4 rings (SSSR count). The smallest absolute Gasteiger partial charge is 0.127 e. The van der Waals surface area contributed by atoms with Gasteiger partial charge in [0.25, 0.3) is 0 Å². The Morgan fingerprint density at radius 1 is 0.692 bits per heavy atom. The molecule has 0 saturated carbocycles. The number of benzene rings is 3. The molecule has 26 heavy (non-hydrogen) atoms. The highest BCUT2D eigenvalue weighted by molar-refractivity contribution is 7.98. The zero-order valence-electron chi connectivity index (χ0n) is 14.1. The van der Waals surface area contributed by atoms with Gasteiger partial charge in [-0.1, -0.05) is 90.1 Å². The van der Waals surface area contributed by atoms with Gasteiger partial charge in [-0.25, -0.2) is 0 Å². The van der Waals surface area contributed by atoms with Crippen LogP contribution in [0.5, 0.6) is 0 Å². The van der Waals surface area contributed by atoms with E-state index in [1.165, 1.54) is 16.5 Å². The van der Waals surface area contributed by atoms with Crippen molar-refractivity contribution in [2.45, 2.75) is 17.2 Å². The third-order valence-electron chi connectivity index (χ3n) is 4.23. The molecule has 0 bridgehead atoms. The van der Waals surface area contributed by atoms with E-state index in [1.807, 2.05) is 18.2 Å². The predicted molar refractivity (Wildman–Crippen MR) is 110 cm³/mol. The molecule has 0 N–H and O–H groups in total. The van der Waals surface area contributed by atoms with Crippen LogP contribution in [0, 0.1) is 0 Å². The van der Waals surface area contributed by atoms with Crippen molar-refractivity contribution in [3.05, 3.63) is 101 Å². The molecule has 0 atom stereocenters. The second-order valence-electron chi connectivity index (χ2n) is 6.07. The maximum atomic E-state index is 5.96. The number of aromatic nitrogens is 2. The first-order valence-corrected chi connectivity index (χ1v) is 9.81. The van der Waals surface area contributed by atoms with Gasteiger partial charge < -0.3 is 0 Å². The van der Waals surface area contributed by atoms with Crippen molar-refractivity contribution in [3.8, 4) is 0 Å². The van der Waals surface area contributed by atoms with Crippen molar-refractivity contribution in [2.24, 2.45) is 0 Å². The van der Waals surface area contributed by atoms with Gasteiger partial charge in [0, 0.05) is 28.0 Å². The van der Waals surface area contributed by atoms with Crippen LogP contribution in [0.25, 0.3) is 10.8 Å². The van der Waals surface area contributed by atoms with Crippen LogP contribution in [0.15, 0.2) is 83.9 Å². The lowest BCUT2D eigenvalue weighted by Crippen LogP contribution is -1.98. The van der Waals surface area contributed by atoms with Gasteiger partial charge in [0.1, 0.15) is 5.03 Å². The van der Waals surface area contributed by atoms with Crippen LogP contribution in [-0.2, 0) is 12.2 Å². The molecule has 0 saturated heterocycles. The molecule has 0 amide bonds. The predicted octanol–water partition coefficient (Wildman–Crippen LogP) is 6.17. The summed E-state index contributed by atoms with van der Waals surface area (Å²) in [5.74, 6) is 0.841. The highest BCUT2D eigenvalue weighted by atomic mass is 35.5. The van der Waals surface area contributed by atoms with Crippen LogP contribution in [0.2, 0.25) is 5.02 Å². The molecule has 0 aliphatic rings. The molecule has 0 fully saturated rings. The largest absolute Gasteiger partial charge is 0.154 e. The molecule has 4 heteroatoms. The van der Waals surface area contributed by atoms with Crippen molar-refractivity contribution >= 4 is 34.1 Å². The first kappa shape index (κ1) is 17.1. The maximum Gasteiger partial charge on any atom is 0.127 e. The zero-order chi connectivity index (χ0) is 17.8. The minimum Gasteiger partial charge on any atom is -0.154 e. The van der Waals surface area contributed by atoms with Gasteiger partial charge in [0.05, 0.1) is 5.69 Å². The third kappa shape index (κ3) is 3.90. The van der Waals surface area contributed by atoms with Crippen LogP contribution < -0.4 is 0 Å². The van der Waals surface area contributed by atoms with Crippen molar-refractivity contribution in [1.82, 2.24) is 10.2 Å². The van der Waals surface area contributed by atoms with E-state index in [0.717, 1.165) is 33.3 Å². The molecule has 0 spiro atoms. The monoisotopic (exact) mass is 376 g/mol. The Balaban J connectivity index is 1.62. The molecule has 0 aliphatic heterocycles. The van der Waals surface area contributed by atoms with Crippen LogP contribution in [-0.4, -0.2) is 10.2 Å². The SMILES string of the molecule is Clc1ccc(CSc2nnc(Cc3ccccc3)c3ccccc23)cc1. The molecule has 3 aromatic carbocycles. The molecule has 128 valence electrons. The Hall–Kier alpha value is -2.36. The number of thioether (sulfide) groups is 1. The number of fused-ring (bicyclic) bond motifs is 1. The summed E-state index contributed by atoms with van der Waals surface area (Å²) in [5, 5.41) is 13.1. The van der Waals surface area contributed by atoms with Gasteiger partial charge in [-0.3, -0.25) is 0 Å². The summed E-state index contributed by atoms with van der Waals surface area (Å²) in [4.78, 5) is 0. The lowest BCUT2D eigenvalue weighted by Gasteiger charge is -2.09. The fourth-order valence-corrected chi connectivity index (χ4v) is 3.95. The van der Waals surface area contributed by atoms with Crippen molar-refractivity contribution < 1.29 is 0 Å². The van der Waals surface area contributed by atoms with E-state index in [-0.39, 0.29) is 0 Å². The zero-order valence-corrected chi connectivity index (χ0v) is 15.7. The first-order valence-electron chi connectivity index (χ1n) is 8.45. The number of halogens is 1. The topological polar surface area (TPSA) is 25.8 Å². The van der Waals surface area contributed by atoms with Crippen molar-refractivity contribution in [2.75, 3.05) is 0 Å². The van der Waals surface area contributed by atoms with Crippen LogP contribution >= 0.6 is 23.4 Å². The standard InChI is InChI=1S/C22H17ClN2S/c23-18-12-10-17(11-13-18)15-26-22-20-9-5-4-8-19(20)21(24-25-22)14-16-6-2-1-3-7-16/h1-13H,14-15H2. The normalized spacial score (nSPS) is 11.0. The summed E-state index contributed by atoms with van der Waals surface area (Å²) in [6.07, 6.45) is 0.788. The molecular formula is C22H17ClN2S. The number of nitrogens with zero attached hydrogens (tertiary/aromatic N) is 2. The fraction of sp³-hybridized carbons (Fsp3) is 0.0909. The van der Waals surface area contributed by atoms with E-state index in [0.29, 0.717) is 0 Å². The van der Waals surface area contributed by atoms with E-state index >= 15 is 0 Å². The lowest BCUT2D eigenvalue weighted by molar-refractivity contribution is 0.896. The second-order valence-corrected chi connectivity index (χ2v) is 7.48. The Morgan fingerprint density at radius 2 is 1.38 bits per heavy atom. The fourth-order valence-electron chi connectivity index (χ4n) is 2.89. The van der Waals surface area contributed by atoms with Crippen molar-refractivity contribution in [3.63, 3.8) is 0 Å². The maximum absolute atomic E-state index is 5.96. The summed E-state index contributed by atoms with van der Waals surface area (Å²) >= 11 is 7.67. The van der Waals surface area contributed by atoms with Crippen molar-refractivity contribution in [1.29, 1.82) is 0 Å². The Morgan fingerprint density at radius 3 is 2.15 bits per heavy atom. The summed E-state index contributed by atoms with van der Waals surface area (Å²) in [5.41, 5.74) is 3.48. The summed E-state index contributed by atoms with van der Waals surface area (Å²) in [6, 6.07) is 26.7. The minimum atomic E-state index is 0.759. The van der Waals surface area contributed by atoms with Gasteiger partial charge in [0.2, 0.25) is 0 Å². The summed E-state index contributed by atoms with van der Waals surface area (Å²) in [7, 11) is 0. The van der Waals surface area contributed by atoms with Gasteiger partial charge in [-0.2, -0.15) is 5.10 Å². The molecule has 2 nitrogen and oxygen atoms in total. The molecular weight excluding hydrogens is 360 g/mol. The number of hydrogen-bond donors (Lipinski definition) is 0. The summed E-state index contributed by atoms with van der Waals surface area (Å²) in [6.45, 7) is 0. The highest BCUT2D eigenvalue weighted by Gasteiger charge is 2.10. The van der Waals surface area contributed by atoms with Crippen LogP contribution in [0.1, 0.15) is 16.8 Å². The molecule has 1 heterocycles. The molecule has 0 radical (unpaired) electrons. The average Bonchev–Trinajstić information content (AvgIpc) is 2.69. The van der Waals surface area contributed by atoms with E-state index in [4.69, 9.17) is 11.6 Å². The Bertz CT molecular complexity index is 1020. The first-order chi connectivity index (χ1) is 12.8. The third-order valence-corrected chi connectivity index (χ3v) is 5.54. The minimum absolute atomic E-state index is 0.759. The molecule has 4 aromatic rings. The van der Waals surface area contributed by atoms with Gasteiger partial charge in [-0.15, -0.1) is 5.10 Å². The highest BCUT2D eigenvalue weighted by Crippen LogP contribution is 2.30. The van der Waals surface area contributed by atoms with Gasteiger partial charge in [-0.05, 0) is 23.3 Å². The van der Waals surface area contributed by atoms with Gasteiger partial charge in [0.15, 0.2) is 0 Å². The molecule has 0 aliphatic carbocycles. The number of hydrogen-bond acceptors (Lipinski definition) is 3. The summed E-state index contributed by atoms with van der Waals surface area (Å²) < 4.78 is 0. The van der Waals surface area contributed by atoms with E-state index in [1.54, 1.807) is 11.8 Å². The second kappa shape index (κ2) is 7.90. The number of rotatable bonds is 5. The average molecular weight is 377 g/mol. The van der Waals surface area contributed by atoms with E-state index < -0.39 is 0 Å². The molecule has 1 aromatic heterocycles. The Kier molecular flexibility index (Phi) is 5.19. The van der Waals surface area contributed by atoms with Crippen LogP contribution in [0.4, 0.5) is 0 Å². The quantitative estimate of drug-likeness (QED) is 0.390. The van der Waals surface area contributed by atoms with Crippen LogP contribution in [0.3, 0.4) is 0 Å². The lowest BCUT2D eigenvalue weighted by atomic mass is 10.0. The van der Waals surface area contributed by atoms with Gasteiger partial charge >= 0.3 is 0 Å². The molecule has 0 unspecified atom stereocenters.